The second kappa shape index (κ2) is 4.84. The zero-order valence-electron chi connectivity index (χ0n) is 10.6. The lowest BCUT2D eigenvalue weighted by Crippen LogP contribution is -2.36. The minimum atomic E-state index is -0.258. The first-order valence-electron chi connectivity index (χ1n) is 6.55. The predicted octanol–water partition coefficient (Wildman–Crippen LogP) is 2.64. The highest BCUT2D eigenvalue weighted by molar-refractivity contribution is 6.07. The molecule has 1 saturated heterocycles. The number of carbonyl (C=O) groups is 2. The van der Waals surface area contributed by atoms with Crippen molar-refractivity contribution < 1.29 is 9.59 Å². The minimum Gasteiger partial charge on any atom is -0.329 e. The molecule has 0 spiro atoms. The van der Waals surface area contributed by atoms with E-state index in [1.165, 1.54) is 0 Å². The van der Waals surface area contributed by atoms with E-state index >= 15 is 0 Å². The van der Waals surface area contributed by atoms with Crippen molar-refractivity contribution in [2.24, 2.45) is 0 Å². The zero-order valence-corrected chi connectivity index (χ0v) is 10.6. The summed E-state index contributed by atoms with van der Waals surface area (Å²) in [5.74, 6) is -0.0357. The Hall–Kier alpha value is -2.16. The molecule has 2 aromatic rings. The fourth-order valence-electron chi connectivity index (χ4n) is 2.75. The summed E-state index contributed by atoms with van der Waals surface area (Å²) in [5, 5.41) is 2.00. The second-order valence-electron chi connectivity index (χ2n) is 4.87. The quantitative estimate of drug-likeness (QED) is 0.772. The van der Waals surface area contributed by atoms with Crippen molar-refractivity contribution >= 4 is 23.0 Å². The Labute approximate surface area is 111 Å². The molecule has 1 amide bonds. The van der Waals surface area contributed by atoms with Crippen molar-refractivity contribution in [3.8, 4) is 0 Å². The molecule has 1 aliphatic heterocycles. The summed E-state index contributed by atoms with van der Waals surface area (Å²) in [6.45, 7) is 0.672. The van der Waals surface area contributed by atoms with Crippen molar-refractivity contribution in [1.82, 2.24) is 4.90 Å². The summed E-state index contributed by atoms with van der Waals surface area (Å²) in [6, 6.07) is 13.3. The van der Waals surface area contributed by atoms with Crippen LogP contribution >= 0.6 is 0 Å². The largest absolute Gasteiger partial charge is 0.329 e. The van der Waals surface area contributed by atoms with E-state index in [2.05, 4.69) is 0 Å². The molecule has 2 aromatic carbocycles. The maximum Gasteiger partial charge on any atom is 0.255 e. The Kier molecular flexibility index (Phi) is 3.03. The maximum atomic E-state index is 12.6. The average molecular weight is 253 g/mol. The predicted molar refractivity (Wildman–Crippen MR) is 74.1 cm³/mol. The fraction of sp³-hybridized carbons (Fsp3) is 0.250. The molecule has 3 rings (SSSR count). The Morgan fingerprint density at radius 2 is 1.95 bits per heavy atom. The maximum absolute atomic E-state index is 12.6. The van der Waals surface area contributed by atoms with Gasteiger partial charge in [0, 0.05) is 12.1 Å². The number of fused-ring (bicyclic) bond motifs is 1. The number of benzene rings is 2. The third kappa shape index (κ3) is 2.01. The van der Waals surface area contributed by atoms with Crippen molar-refractivity contribution in [2.45, 2.75) is 18.9 Å². The van der Waals surface area contributed by atoms with Crippen molar-refractivity contribution in [2.75, 3.05) is 6.54 Å². The monoisotopic (exact) mass is 253 g/mol. The molecule has 1 aliphatic rings. The normalized spacial score (nSPS) is 18.7. The molecule has 0 N–H and O–H groups in total. The lowest BCUT2D eigenvalue weighted by atomic mass is 10.0. The molecule has 1 fully saturated rings. The number of aldehydes is 1. The molecule has 0 aliphatic carbocycles. The third-order valence-corrected chi connectivity index (χ3v) is 3.74. The molecular weight excluding hydrogens is 238 g/mol. The van der Waals surface area contributed by atoms with Crippen LogP contribution < -0.4 is 0 Å². The highest BCUT2D eigenvalue weighted by Gasteiger charge is 2.29. The van der Waals surface area contributed by atoms with Crippen LogP contribution in [0.15, 0.2) is 42.5 Å². The standard InChI is InChI=1S/C16H15NO2/c18-11-13-7-4-10-17(13)16(19)15-9-3-6-12-5-1-2-8-14(12)15/h1-3,5-6,8-9,11,13H,4,7,10H2. The molecule has 3 nitrogen and oxygen atoms in total. The first-order valence-corrected chi connectivity index (χ1v) is 6.55. The molecule has 1 heterocycles. The number of rotatable bonds is 2. The van der Waals surface area contributed by atoms with Crippen LogP contribution in [-0.2, 0) is 4.79 Å². The Bertz CT molecular complexity index is 630. The number of carbonyl (C=O) groups excluding carboxylic acids is 2. The summed E-state index contributed by atoms with van der Waals surface area (Å²) in [5.41, 5.74) is 0.687. The van der Waals surface area contributed by atoms with Gasteiger partial charge < -0.3 is 9.69 Å². The topological polar surface area (TPSA) is 37.4 Å². The summed E-state index contributed by atoms with van der Waals surface area (Å²) in [4.78, 5) is 25.3. The van der Waals surface area contributed by atoms with Gasteiger partial charge in [0.05, 0.1) is 6.04 Å². The summed E-state index contributed by atoms with van der Waals surface area (Å²) in [6.07, 6.45) is 2.57. The highest BCUT2D eigenvalue weighted by atomic mass is 16.2. The summed E-state index contributed by atoms with van der Waals surface area (Å²) >= 11 is 0. The van der Waals surface area contributed by atoms with Gasteiger partial charge in [-0.1, -0.05) is 36.4 Å². The van der Waals surface area contributed by atoms with Gasteiger partial charge in [-0.15, -0.1) is 0 Å². The van der Waals surface area contributed by atoms with Crippen LogP contribution in [0.25, 0.3) is 10.8 Å². The van der Waals surface area contributed by atoms with E-state index in [4.69, 9.17) is 0 Å². The minimum absolute atomic E-state index is 0.0357. The van der Waals surface area contributed by atoms with Crippen LogP contribution in [0.1, 0.15) is 23.2 Å². The Balaban J connectivity index is 2.04. The first kappa shape index (κ1) is 11.9. The Morgan fingerprint density at radius 3 is 2.79 bits per heavy atom. The van der Waals surface area contributed by atoms with E-state index in [1.807, 2.05) is 42.5 Å². The van der Waals surface area contributed by atoms with Gasteiger partial charge in [0.2, 0.25) is 0 Å². The van der Waals surface area contributed by atoms with Gasteiger partial charge in [0.25, 0.3) is 5.91 Å². The first-order chi connectivity index (χ1) is 9.31. The van der Waals surface area contributed by atoms with E-state index < -0.39 is 0 Å². The molecule has 0 saturated carbocycles. The van der Waals surface area contributed by atoms with E-state index in [0.717, 1.165) is 29.9 Å². The van der Waals surface area contributed by atoms with Crippen LogP contribution in [-0.4, -0.2) is 29.7 Å². The lowest BCUT2D eigenvalue weighted by Gasteiger charge is -2.21. The highest BCUT2D eigenvalue weighted by Crippen LogP contribution is 2.24. The van der Waals surface area contributed by atoms with Crippen molar-refractivity contribution in [3.63, 3.8) is 0 Å². The molecule has 0 aromatic heterocycles. The fourth-order valence-corrected chi connectivity index (χ4v) is 2.75. The van der Waals surface area contributed by atoms with Crippen LogP contribution in [0.2, 0.25) is 0 Å². The zero-order chi connectivity index (χ0) is 13.2. The van der Waals surface area contributed by atoms with Crippen LogP contribution in [0, 0.1) is 0 Å². The molecule has 1 atom stereocenters. The number of nitrogens with zero attached hydrogens (tertiary/aromatic N) is 1. The summed E-state index contributed by atoms with van der Waals surface area (Å²) < 4.78 is 0. The van der Waals surface area contributed by atoms with Crippen LogP contribution in [0.3, 0.4) is 0 Å². The lowest BCUT2D eigenvalue weighted by molar-refractivity contribution is -0.111. The van der Waals surface area contributed by atoms with E-state index in [9.17, 15) is 9.59 Å². The second-order valence-corrected chi connectivity index (χ2v) is 4.87. The molecule has 0 radical (unpaired) electrons. The smallest absolute Gasteiger partial charge is 0.255 e. The van der Waals surface area contributed by atoms with Gasteiger partial charge in [-0.3, -0.25) is 4.79 Å². The third-order valence-electron chi connectivity index (χ3n) is 3.74. The van der Waals surface area contributed by atoms with Gasteiger partial charge in [0.15, 0.2) is 0 Å². The van der Waals surface area contributed by atoms with Crippen molar-refractivity contribution in [1.29, 1.82) is 0 Å². The van der Waals surface area contributed by atoms with Crippen molar-refractivity contribution in [3.05, 3.63) is 48.0 Å². The SMILES string of the molecule is O=CC1CCCN1C(=O)c1cccc2ccccc12. The molecular formula is C16H15NO2. The molecule has 96 valence electrons. The van der Waals surface area contributed by atoms with Gasteiger partial charge in [0.1, 0.15) is 6.29 Å². The average Bonchev–Trinajstić information content (AvgIpc) is 2.94. The van der Waals surface area contributed by atoms with Crippen LogP contribution in [0.5, 0.6) is 0 Å². The van der Waals surface area contributed by atoms with E-state index in [-0.39, 0.29) is 11.9 Å². The molecule has 19 heavy (non-hydrogen) atoms. The molecule has 3 heteroatoms. The number of hydrogen-bond donors (Lipinski definition) is 0. The van der Waals surface area contributed by atoms with E-state index in [1.54, 1.807) is 4.90 Å². The number of likely N-dealkylation sites (tertiary alicyclic amines) is 1. The number of amides is 1. The molecule has 0 bridgehead atoms. The van der Waals surface area contributed by atoms with Gasteiger partial charge in [-0.2, -0.15) is 0 Å². The summed E-state index contributed by atoms with van der Waals surface area (Å²) in [7, 11) is 0. The van der Waals surface area contributed by atoms with Gasteiger partial charge >= 0.3 is 0 Å². The Morgan fingerprint density at radius 1 is 1.16 bits per heavy atom. The van der Waals surface area contributed by atoms with Gasteiger partial charge in [-0.25, -0.2) is 0 Å². The number of hydrogen-bond acceptors (Lipinski definition) is 2. The van der Waals surface area contributed by atoms with Crippen LogP contribution in [0.4, 0.5) is 0 Å². The van der Waals surface area contributed by atoms with E-state index in [0.29, 0.717) is 12.1 Å². The molecule has 1 unspecified atom stereocenters. The van der Waals surface area contributed by atoms with Gasteiger partial charge in [-0.05, 0) is 29.7 Å².